The third-order valence-electron chi connectivity index (χ3n) is 3.99. The van der Waals surface area contributed by atoms with Crippen molar-refractivity contribution in [2.45, 2.75) is 6.92 Å². The first-order valence-electron chi connectivity index (χ1n) is 7.85. The van der Waals surface area contributed by atoms with Gasteiger partial charge in [-0.15, -0.1) is 0 Å². The number of rotatable bonds is 3. The molecule has 124 valence electrons. The molecule has 0 amide bonds. The van der Waals surface area contributed by atoms with Gasteiger partial charge in [-0.25, -0.2) is 4.79 Å². The topological polar surface area (TPSA) is 85.2 Å². The van der Waals surface area contributed by atoms with Crippen molar-refractivity contribution in [1.29, 1.82) is 0 Å². The predicted octanol–water partition coefficient (Wildman–Crippen LogP) is 3.51. The largest absolute Gasteiger partial charge is 0.462 e. The number of furan rings is 1. The van der Waals surface area contributed by atoms with Gasteiger partial charge >= 0.3 is 5.97 Å². The van der Waals surface area contributed by atoms with Gasteiger partial charge in [-0.1, -0.05) is 12.1 Å². The van der Waals surface area contributed by atoms with Gasteiger partial charge in [0.25, 0.3) is 5.56 Å². The Labute approximate surface area is 142 Å². The Kier molecular flexibility index (Phi) is 3.57. The molecule has 6 heteroatoms. The van der Waals surface area contributed by atoms with Crippen molar-refractivity contribution >= 4 is 28.0 Å². The number of aromatic amines is 1. The van der Waals surface area contributed by atoms with Crippen LogP contribution in [0.1, 0.15) is 17.3 Å². The summed E-state index contributed by atoms with van der Waals surface area (Å²) in [4.78, 5) is 31.8. The summed E-state index contributed by atoms with van der Waals surface area (Å²) in [5.74, 6) is -0.682. The molecule has 0 aliphatic heterocycles. The van der Waals surface area contributed by atoms with Gasteiger partial charge < -0.3 is 14.1 Å². The van der Waals surface area contributed by atoms with Crippen LogP contribution in [0.25, 0.3) is 33.2 Å². The van der Waals surface area contributed by atoms with E-state index in [1.165, 1.54) is 0 Å². The normalized spacial score (nSPS) is 11.1. The third kappa shape index (κ3) is 2.39. The zero-order valence-corrected chi connectivity index (χ0v) is 13.4. The zero-order valence-electron chi connectivity index (χ0n) is 13.4. The molecule has 0 fully saturated rings. The Balaban J connectivity index is 2.17. The molecule has 4 rings (SSSR count). The molecule has 0 unspecified atom stereocenters. The van der Waals surface area contributed by atoms with E-state index >= 15 is 0 Å². The number of H-pyrrole nitrogens is 1. The van der Waals surface area contributed by atoms with E-state index in [1.54, 1.807) is 31.5 Å². The Bertz CT molecular complexity index is 1140. The summed E-state index contributed by atoms with van der Waals surface area (Å²) in [5, 5.41) is 0.778. The summed E-state index contributed by atoms with van der Waals surface area (Å²) < 4.78 is 11.0. The summed E-state index contributed by atoms with van der Waals surface area (Å²) in [7, 11) is 0. The molecular formula is C19H14N2O4. The number of benzene rings is 1. The number of esters is 1. The van der Waals surface area contributed by atoms with E-state index in [0.29, 0.717) is 27.8 Å². The van der Waals surface area contributed by atoms with Crippen molar-refractivity contribution in [3.63, 3.8) is 0 Å². The first-order valence-corrected chi connectivity index (χ1v) is 7.85. The van der Waals surface area contributed by atoms with Gasteiger partial charge in [0.2, 0.25) is 0 Å². The van der Waals surface area contributed by atoms with Crippen LogP contribution >= 0.6 is 0 Å². The molecule has 0 aliphatic carbocycles. The summed E-state index contributed by atoms with van der Waals surface area (Å²) in [6.07, 6.45) is 3.19. The van der Waals surface area contributed by atoms with Crippen LogP contribution in [0.2, 0.25) is 0 Å². The van der Waals surface area contributed by atoms with E-state index in [0.717, 1.165) is 5.39 Å². The van der Waals surface area contributed by atoms with Gasteiger partial charge in [0, 0.05) is 23.3 Å². The molecule has 3 aromatic heterocycles. The SMILES string of the molecule is CCOC(=O)c1c(-c2ccncc2)c2oc3ccccc3c2[nH]c1=O. The summed E-state index contributed by atoms with van der Waals surface area (Å²) in [6.45, 7) is 1.87. The Hall–Kier alpha value is -3.41. The lowest BCUT2D eigenvalue weighted by atomic mass is 10.0. The maximum Gasteiger partial charge on any atom is 0.344 e. The van der Waals surface area contributed by atoms with Crippen molar-refractivity contribution < 1.29 is 13.9 Å². The van der Waals surface area contributed by atoms with Gasteiger partial charge in [-0.3, -0.25) is 9.78 Å². The quantitative estimate of drug-likeness (QED) is 0.580. The lowest BCUT2D eigenvalue weighted by molar-refractivity contribution is 0.0525. The molecule has 0 spiro atoms. The smallest absolute Gasteiger partial charge is 0.344 e. The third-order valence-corrected chi connectivity index (χ3v) is 3.99. The molecule has 0 atom stereocenters. The first-order chi connectivity index (χ1) is 12.2. The highest BCUT2D eigenvalue weighted by Crippen LogP contribution is 2.35. The average Bonchev–Trinajstić information content (AvgIpc) is 2.99. The molecule has 4 aromatic rings. The van der Waals surface area contributed by atoms with Gasteiger partial charge in [0.05, 0.1) is 12.1 Å². The molecule has 0 bridgehead atoms. The van der Waals surface area contributed by atoms with E-state index in [9.17, 15) is 9.59 Å². The second-order valence-electron chi connectivity index (χ2n) is 5.46. The molecule has 3 heterocycles. The molecule has 0 saturated heterocycles. The highest BCUT2D eigenvalue weighted by molar-refractivity contribution is 6.12. The number of ether oxygens (including phenoxy) is 1. The number of pyridine rings is 2. The fraction of sp³-hybridized carbons (Fsp3) is 0.105. The Morgan fingerprint density at radius 2 is 1.96 bits per heavy atom. The molecule has 0 saturated carbocycles. The molecule has 25 heavy (non-hydrogen) atoms. The zero-order chi connectivity index (χ0) is 17.4. The van der Waals surface area contributed by atoms with Crippen LogP contribution < -0.4 is 5.56 Å². The number of para-hydroxylation sites is 1. The van der Waals surface area contributed by atoms with Gasteiger partial charge in [0.15, 0.2) is 5.58 Å². The Morgan fingerprint density at radius 3 is 2.72 bits per heavy atom. The summed E-state index contributed by atoms with van der Waals surface area (Å²) in [6, 6.07) is 10.8. The minimum Gasteiger partial charge on any atom is -0.462 e. The molecule has 0 radical (unpaired) electrons. The van der Waals surface area contributed by atoms with Gasteiger partial charge in [0.1, 0.15) is 11.1 Å². The summed E-state index contributed by atoms with van der Waals surface area (Å²) >= 11 is 0. The maximum absolute atomic E-state index is 12.7. The van der Waals surface area contributed by atoms with Crippen molar-refractivity contribution in [3.8, 4) is 11.1 Å². The Morgan fingerprint density at radius 1 is 1.20 bits per heavy atom. The fourth-order valence-corrected chi connectivity index (χ4v) is 2.94. The minimum atomic E-state index is -0.682. The monoisotopic (exact) mass is 334 g/mol. The number of aromatic nitrogens is 2. The molecule has 1 aromatic carbocycles. The number of nitrogens with zero attached hydrogens (tertiary/aromatic N) is 1. The van der Waals surface area contributed by atoms with Crippen LogP contribution in [-0.2, 0) is 4.74 Å². The van der Waals surface area contributed by atoms with Crippen molar-refractivity contribution in [1.82, 2.24) is 9.97 Å². The molecule has 6 nitrogen and oxygen atoms in total. The van der Waals surface area contributed by atoms with Crippen LogP contribution in [0.15, 0.2) is 58.0 Å². The second kappa shape index (κ2) is 5.90. The molecule has 0 aliphatic rings. The van der Waals surface area contributed by atoms with Crippen molar-refractivity contribution in [2.24, 2.45) is 0 Å². The van der Waals surface area contributed by atoms with Crippen LogP contribution in [0.4, 0.5) is 0 Å². The van der Waals surface area contributed by atoms with Crippen LogP contribution in [0.5, 0.6) is 0 Å². The van der Waals surface area contributed by atoms with Crippen molar-refractivity contribution in [3.05, 3.63) is 64.7 Å². The lowest BCUT2D eigenvalue weighted by Gasteiger charge is -2.09. The number of carbonyl (C=O) groups is 1. The highest BCUT2D eigenvalue weighted by Gasteiger charge is 2.25. The van der Waals surface area contributed by atoms with Crippen LogP contribution in [-0.4, -0.2) is 22.5 Å². The number of hydrogen-bond donors (Lipinski definition) is 1. The highest BCUT2D eigenvalue weighted by atomic mass is 16.5. The van der Waals surface area contributed by atoms with Gasteiger partial charge in [-0.2, -0.15) is 0 Å². The fourth-order valence-electron chi connectivity index (χ4n) is 2.94. The van der Waals surface area contributed by atoms with Crippen LogP contribution in [0, 0.1) is 0 Å². The first kappa shape index (κ1) is 15.1. The standard InChI is InChI=1S/C19H14N2O4/c1-2-24-19(23)15-14(11-7-9-20-10-8-11)17-16(21-18(15)22)12-5-3-4-6-13(12)25-17/h3-10H,2H2,1H3,(H,21,22). The van der Waals surface area contributed by atoms with E-state index in [2.05, 4.69) is 9.97 Å². The number of hydrogen-bond acceptors (Lipinski definition) is 5. The van der Waals surface area contributed by atoms with E-state index in [1.807, 2.05) is 24.3 Å². The lowest BCUT2D eigenvalue weighted by Crippen LogP contribution is -2.21. The maximum atomic E-state index is 12.7. The number of fused-ring (bicyclic) bond motifs is 3. The second-order valence-corrected chi connectivity index (χ2v) is 5.46. The van der Waals surface area contributed by atoms with E-state index < -0.39 is 11.5 Å². The molecular weight excluding hydrogens is 320 g/mol. The van der Waals surface area contributed by atoms with Crippen molar-refractivity contribution in [2.75, 3.05) is 6.61 Å². The molecule has 1 N–H and O–H groups in total. The predicted molar refractivity (Wildman–Crippen MR) is 93.5 cm³/mol. The van der Waals surface area contributed by atoms with Gasteiger partial charge in [-0.05, 0) is 36.8 Å². The number of carbonyl (C=O) groups excluding carboxylic acids is 1. The number of nitrogens with one attached hydrogen (secondary N) is 1. The van der Waals surface area contributed by atoms with E-state index in [4.69, 9.17) is 9.15 Å². The average molecular weight is 334 g/mol. The minimum absolute atomic E-state index is 0.0698. The van der Waals surface area contributed by atoms with E-state index in [-0.39, 0.29) is 12.2 Å². The van der Waals surface area contributed by atoms with Crippen LogP contribution in [0.3, 0.4) is 0 Å². The summed E-state index contributed by atoms with van der Waals surface area (Å²) in [5.41, 5.74) is 2.12.